The number of hydrogen-bond donors (Lipinski definition) is 0. The fourth-order valence-electron chi connectivity index (χ4n) is 1.50. The summed E-state index contributed by atoms with van der Waals surface area (Å²) in [5.74, 6) is 0. The number of aryl methyl sites for hydroxylation is 1. The Labute approximate surface area is 95.1 Å². The van der Waals surface area contributed by atoms with Gasteiger partial charge < -0.3 is 4.57 Å². The Balaban J connectivity index is 2.18. The van der Waals surface area contributed by atoms with Gasteiger partial charge in [0.05, 0.1) is 11.6 Å². The molecule has 0 saturated carbocycles. The highest BCUT2D eigenvalue weighted by atomic mass is 14.9. The summed E-state index contributed by atoms with van der Waals surface area (Å²) in [6.45, 7) is 0. The summed E-state index contributed by atoms with van der Waals surface area (Å²) >= 11 is 0. The topological polar surface area (TPSA) is 28.7 Å². The average molecular weight is 208 g/mol. The van der Waals surface area contributed by atoms with Crippen molar-refractivity contribution in [3.8, 4) is 6.07 Å². The largest absolute Gasteiger partial charge is 0.351 e. The molecule has 2 nitrogen and oxygen atoms in total. The third-order valence-electron chi connectivity index (χ3n) is 2.47. The van der Waals surface area contributed by atoms with Crippen molar-refractivity contribution in [1.29, 1.82) is 5.26 Å². The Morgan fingerprint density at radius 3 is 2.44 bits per heavy atom. The minimum absolute atomic E-state index is 0.691. The van der Waals surface area contributed by atoms with E-state index in [2.05, 4.69) is 22.8 Å². The van der Waals surface area contributed by atoms with Gasteiger partial charge in [-0.3, -0.25) is 0 Å². The number of nitrogens with zero attached hydrogens (tertiary/aromatic N) is 2. The molecule has 0 radical (unpaired) electrons. The molecule has 0 N–H and O–H groups in total. The van der Waals surface area contributed by atoms with Crippen LogP contribution in [-0.4, -0.2) is 4.57 Å². The van der Waals surface area contributed by atoms with Crippen molar-refractivity contribution < 1.29 is 0 Å². The van der Waals surface area contributed by atoms with Crippen molar-refractivity contribution in [2.24, 2.45) is 7.05 Å². The second-order valence-electron chi connectivity index (χ2n) is 3.61. The minimum atomic E-state index is 0.691. The summed E-state index contributed by atoms with van der Waals surface area (Å²) in [7, 11) is 2.01. The van der Waals surface area contributed by atoms with Gasteiger partial charge in [0, 0.05) is 18.9 Å². The number of aromatic nitrogens is 1. The lowest BCUT2D eigenvalue weighted by Gasteiger charge is -1.96. The van der Waals surface area contributed by atoms with Crippen molar-refractivity contribution in [2.45, 2.75) is 0 Å². The molecule has 0 unspecified atom stereocenters. The van der Waals surface area contributed by atoms with Crippen molar-refractivity contribution in [3.05, 3.63) is 59.4 Å². The first-order valence-electron chi connectivity index (χ1n) is 5.09. The molecule has 2 aromatic rings. The van der Waals surface area contributed by atoms with E-state index >= 15 is 0 Å². The molecule has 1 heterocycles. The van der Waals surface area contributed by atoms with Crippen LogP contribution in [0.4, 0.5) is 0 Å². The van der Waals surface area contributed by atoms with E-state index in [1.807, 2.05) is 49.7 Å². The molecular formula is C14H12N2. The second-order valence-corrected chi connectivity index (χ2v) is 3.61. The highest BCUT2D eigenvalue weighted by Gasteiger charge is 1.92. The monoisotopic (exact) mass is 208 g/mol. The molecule has 2 heteroatoms. The lowest BCUT2D eigenvalue weighted by Crippen LogP contribution is -1.86. The van der Waals surface area contributed by atoms with Gasteiger partial charge >= 0.3 is 0 Å². The van der Waals surface area contributed by atoms with Crippen LogP contribution in [0, 0.1) is 11.3 Å². The Bertz CT molecular complexity index is 539. The summed E-state index contributed by atoms with van der Waals surface area (Å²) in [6, 6.07) is 13.7. The number of hydrogen-bond acceptors (Lipinski definition) is 1. The third-order valence-corrected chi connectivity index (χ3v) is 2.47. The first kappa shape index (κ1) is 10.3. The van der Waals surface area contributed by atoms with Crippen LogP contribution in [0.1, 0.15) is 16.8 Å². The standard InChI is InChI=1S/C14H12N2/c1-16-10-2-3-14(16)9-8-12-4-6-13(11-15)7-5-12/h2-10H,1H3/b9-8-. The van der Waals surface area contributed by atoms with Crippen LogP contribution in [0.25, 0.3) is 12.2 Å². The molecule has 0 atom stereocenters. The Hall–Kier alpha value is -2.27. The molecule has 1 aromatic heterocycles. The zero-order chi connectivity index (χ0) is 11.4. The maximum Gasteiger partial charge on any atom is 0.0991 e. The molecule has 1 aromatic carbocycles. The van der Waals surface area contributed by atoms with Crippen LogP contribution in [0.15, 0.2) is 42.6 Å². The SMILES string of the molecule is Cn1cccc1/C=C\c1ccc(C#N)cc1. The van der Waals surface area contributed by atoms with Crippen molar-refractivity contribution >= 4 is 12.2 Å². The summed E-state index contributed by atoms with van der Waals surface area (Å²) in [6.07, 6.45) is 6.11. The van der Waals surface area contributed by atoms with Gasteiger partial charge in [0.1, 0.15) is 0 Å². The van der Waals surface area contributed by atoms with E-state index in [0.29, 0.717) is 5.56 Å². The van der Waals surface area contributed by atoms with Crippen molar-refractivity contribution in [1.82, 2.24) is 4.57 Å². The molecule has 0 spiro atoms. The summed E-state index contributed by atoms with van der Waals surface area (Å²) in [5.41, 5.74) is 2.94. The highest BCUT2D eigenvalue weighted by molar-refractivity contribution is 5.68. The second kappa shape index (κ2) is 4.50. The van der Waals surface area contributed by atoms with E-state index in [9.17, 15) is 0 Å². The molecule has 0 fully saturated rings. The molecule has 16 heavy (non-hydrogen) atoms. The predicted octanol–water partition coefficient (Wildman–Crippen LogP) is 3.07. The summed E-state index contributed by atoms with van der Waals surface area (Å²) in [5, 5.41) is 8.67. The fourth-order valence-corrected chi connectivity index (χ4v) is 1.50. The van der Waals surface area contributed by atoms with Crippen LogP contribution < -0.4 is 0 Å². The number of benzene rings is 1. The van der Waals surface area contributed by atoms with E-state index < -0.39 is 0 Å². The first-order valence-corrected chi connectivity index (χ1v) is 5.09. The maximum atomic E-state index is 8.67. The quantitative estimate of drug-likeness (QED) is 0.745. The van der Waals surface area contributed by atoms with Crippen LogP contribution in [-0.2, 0) is 7.05 Å². The normalized spacial score (nSPS) is 10.5. The summed E-state index contributed by atoms with van der Waals surface area (Å²) < 4.78 is 2.06. The fraction of sp³-hybridized carbons (Fsp3) is 0.0714. The van der Waals surface area contributed by atoms with E-state index in [1.54, 1.807) is 0 Å². The van der Waals surface area contributed by atoms with Crippen molar-refractivity contribution in [2.75, 3.05) is 0 Å². The van der Waals surface area contributed by atoms with E-state index in [4.69, 9.17) is 5.26 Å². The van der Waals surface area contributed by atoms with Gasteiger partial charge in [-0.05, 0) is 35.9 Å². The lowest BCUT2D eigenvalue weighted by molar-refractivity contribution is 0.915. The molecule has 78 valence electrons. The molecule has 0 bridgehead atoms. The van der Waals surface area contributed by atoms with Gasteiger partial charge in [-0.2, -0.15) is 5.26 Å². The highest BCUT2D eigenvalue weighted by Crippen LogP contribution is 2.09. The third kappa shape index (κ3) is 2.21. The first-order chi connectivity index (χ1) is 7.79. The zero-order valence-corrected chi connectivity index (χ0v) is 9.09. The lowest BCUT2D eigenvalue weighted by atomic mass is 10.1. The van der Waals surface area contributed by atoms with Gasteiger partial charge in [0.25, 0.3) is 0 Å². The van der Waals surface area contributed by atoms with E-state index in [1.165, 1.54) is 0 Å². The average Bonchev–Trinajstić information content (AvgIpc) is 2.73. The van der Waals surface area contributed by atoms with Crippen molar-refractivity contribution in [3.63, 3.8) is 0 Å². The number of rotatable bonds is 2. The molecule has 0 aliphatic heterocycles. The predicted molar refractivity (Wildman–Crippen MR) is 65.5 cm³/mol. The molecule has 0 aliphatic rings. The Kier molecular flexibility index (Phi) is 2.88. The minimum Gasteiger partial charge on any atom is -0.351 e. The molecular weight excluding hydrogens is 196 g/mol. The van der Waals surface area contributed by atoms with Crippen LogP contribution in [0.3, 0.4) is 0 Å². The zero-order valence-electron chi connectivity index (χ0n) is 9.09. The van der Waals surface area contributed by atoms with Gasteiger partial charge in [0.15, 0.2) is 0 Å². The van der Waals surface area contributed by atoms with E-state index in [0.717, 1.165) is 11.3 Å². The van der Waals surface area contributed by atoms with Gasteiger partial charge in [-0.1, -0.05) is 18.2 Å². The Morgan fingerprint density at radius 1 is 1.12 bits per heavy atom. The summed E-state index contributed by atoms with van der Waals surface area (Å²) in [4.78, 5) is 0. The van der Waals surface area contributed by atoms with Crippen LogP contribution in [0.5, 0.6) is 0 Å². The van der Waals surface area contributed by atoms with Gasteiger partial charge in [-0.15, -0.1) is 0 Å². The maximum absolute atomic E-state index is 8.67. The Morgan fingerprint density at radius 2 is 1.88 bits per heavy atom. The van der Waals surface area contributed by atoms with Gasteiger partial charge in [0.2, 0.25) is 0 Å². The van der Waals surface area contributed by atoms with Crippen LogP contribution >= 0.6 is 0 Å². The molecule has 2 rings (SSSR count). The van der Waals surface area contributed by atoms with E-state index in [-0.39, 0.29) is 0 Å². The molecule has 0 aliphatic carbocycles. The molecule has 0 saturated heterocycles. The van der Waals surface area contributed by atoms with Gasteiger partial charge in [-0.25, -0.2) is 0 Å². The van der Waals surface area contributed by atoms with Crippen LogP contribution in [0.2, 0.25) is 0 Å². The number of nitriles is 1. The smallest absolute Gasteiger partial charge is 0.0991 e. The molecule has 0 amide bonds.